The number of H-pyrrole nitrogens is 2. The van der Waals surface area contributed by atoms with Crippen LogP contribution in [0.2, 0.25) is 0 Å². The van der Waals surface area contributed by atoms with Gasteiger partial charge in [-0.05, 0) is 36.9 Å². The normalized spacial score (nSPS) is 18.5. The molecule has 2 N–H and O–H groups in total. The van der Waals surface area contributed by atoms with Crippen molar-refractivity contribution >= 4 is 27.9 Å². The highest BCUT2D eigenvalue weighted by atomic mass is 19.3. The summed E-state index contributed by atoms with van der Waals surface area (Å²) in [4.78, 5) is 28.6. The second-order valence-electron chi connectivity index (χ2n) is 10.5. The van der Waals surface area contributed by atoms with Gasteiger partial charge in [-0.1, -0.05) is 0 Å². The summed E-state index contributed by atoms with van der Waals surface area (Å²) in [5.41, 5.74) is 6.22. The maximum Gasteiger partial charge on any atom is 0.261 e. The number of nitrogens with one attached hydrogen (secondary N) is 2. The molecule has 0 amide bonds. The molecule has 7 rings (SSSR count). The molecule has 10 nitrogen and oxygen atoms in total. The van der Waals surface area contributed by atoms with Crippen LogP contribution in [0.4, 0.5) is 14.6 Å². The molecule has 7 heterocycles. The molecule has 2 saturated heterocycles. The summed E-state index contributed by atoms with van der Waals surface area (Å²) in [5, 5.41) is 7.59. The molecule has 0 saturated carbocycles. The van der Waals surface area contributed by atoms with Crippen LogP contribution in [-0.4, -0.2) is 97.2 Å². The lowest BCUT2D eigenvalue weighted by molar-refractivity contribution is 0.0115. The van der Waals surface area contributed by atoms with Crippen LogP contribution < -0.4 is 4.90 Å². The van der Waals surface area contributed by atoms with E-state index in [2.05, 4.69) is 42.0 Å². The van der Waals surface area contributed by atoms with Crippen molar-refractivity contribution in [3.05, 3.63) is 48.4 Å². The van der Waals surface area contributed by atoms with E-state index < -0.39 is 5.92 Å². The topological polar surface area (TPSA) is 106 Å². The van der Waals surface area contributed by atoms with Gasteiger partial charge in [-0.25, -0.2) is 23.7 Å². The van der Waals surface area contributed by atoms with Crippen molar-refractivity contribution in [1.82, 2.24) is 44.9 Å². The standard InChI is InChI=1S/C27H28F2N10/c1-37-8-10-39(11-9-37)26-23-20(4-6-31-26)33-25(34-23)24-22-21(35-36-24)3-2-19(32-22)18-12-17(13-30-14-18)15-38-7-5-27(28,29)16-38/h2-4,6,12-14H,5,7-11,15-16H2,1H3,(H,33,34)(H,35,36). The highest BCUT2D eigenvalue weighted by Crippen LogP contribution is 2.31. The fourth-order valence-corrected chi connectivity index (χ4v) is 5.42. The molecular weight excluding hydrogens is 502 g/mol. The zero-order valence-electron chi connectivity index (χ0n) is 21.5. The summed E-state index contributed by atoms with van der Waals surface area (Å²) in [5.74, 6) is -1.13. The Labute approximate surface area is 223 Å². The third-order valence-corrected chi connectivity index (χ3v) is 7.56. The number of hydrogen-bond acceptors (Lipinski definition) is 8. The number of pyridine rings is 3. The molecule has 0 aromatic carbocycles. The summed E-state index contributed by atoms with van der Waals surface area (Å²) in [6.07, 6.45) is 5.17. The lowest BCUT2D eigenvalue weighted by atomic mass is 10.1. The number of anilines is 1. The van der Waals surface area contributed by atoms with Crippen molar-refractivity contribution in [3.8, 4) is 22.8 Å². The largest absolute Gasteiger partial charge is 0.352 e. The quantitative estimate of drug-likeness (QED) is 0.356. The summed E-state index contributed by atoms with van der Waals surface area (Å²) >= 11 is 0. The Bertz CT molecular complexity index is 1650. The van der Waals surface area contributed by atoms with Crippen LogP contribution in [0.5, 0.6) is 0 Å². The Kier molecular flexibility index (Phi) is 5.74. The van der Waals surface area contributed by atoms with Crippen molar-refractivity contribution in [2.45, 2.75) is 18.9 Å². The monoisotopic (exact) mass is 530 g/mol. The molecule has 5 aromatic rings. The first-order valence-corrected chi connectivity index (χ1v) is 13.1. The average Bonchev–Trinajstić information content (AvgIpc) is 3.64. The van der Waals surface area contributed by atoms with E-state index in [-0.39, 0.29) is 13.0 Å². The SMILES string of the molecule is CN1CCN(c2nccc3[nH]c(-c4n[nH]c5ccc(-c6cncc(CN7CCC(F)(F)C7)c6)nc45)nc23)CC1. The van der Waals surface area contributed by atoms with E-state index in [1.54, 1.807) is 23.5 Å². The molecule has 12 heteroatoms. The molecule has 0 bridgehead atoms. The van der Waals surface area contributed by atoms with Crippen LogP contribution in [0, 0.1) is 0 Å². The molecule has 200 valence electrons. The predicted molar refractivity (Wildman–Crippen MR) is 145 cm³/mol. The number of hydrogen-bond donors (Lipinski definition) is 2. The molecule has 2 aliphatic rings. The maximum absolute atomic E-state index is 13.6. The third-order valence-electron chi connectivity index (χ3n) is 7.56. The first-order chi connectivity index (χ1) is 18.9. The molecule has 39 heavy (non-hydrogen) atoms. The summed E-state index contributed by atoms with van der Waals surface area (Å²) in [6, 6.07) is 7.73. The number of likely N-dealkylation sites (N-methyl/N-ethyl adjacent to an activating group) is 1. The lowest BCUT2D eigenvalue weighted by Crippen LogP contribution is -2.44. The second-order valence-corrected chi connectivity index (χ2v) is 10.5. The first kappa shape index (κ1) is 24.0. The highest BCUT2D eigenvalue weighted by Gasteiger charge is 2.38. The van der Waals surface area contributed by atoms with Gasteiger partial charge in [0.25, 0.3) is 5.92 Å². The average molecular weight is 531 g/mol. The Balaban J connectivity index is 1.21. The van der Waals surface area contributed by atoms with Crippen molar-refractivity contribution in [2.75, 3.05) is 51.2 Å². The van der Waals surface area contributed by atoms with Gasteiger partial charge in [0.2, 0.25) is 0 Å². The number of fused-ring (bicyclic) bond motifs is 2. The van der Waals surface area contributed by atoms with Crippen LogP contribution in [0.3, 0.4) is 0 Å². The number of aromatic nitrogens is 7. The Morgan fingerprint density at radius 2 is 1.85 bits per heavy atom. The first-order valence-electron chi connectivity index (χ1n) is 13.1. The minimum Gasteiger partial charge on any atom is -0.352 e. The van der Waals surface area contributed by atoms with E-state index >= 15 is 0 Å². The van der Waals surface area contributed by atoms with Gasteiger partial charge in [-0.2, -0.15) is 5.10 Å². The van der Waals surface area contributed by atoms with E-state index in [1.165, 1.54) is 0 Å². The second kappa shape index (κ2) is 9.31. The van der Waals surface area contributed by atoms with E-state index in [4.69, 9.17) is 9.97 Å². The predicted octanol–water partition coefficient (Wildman–Crippen LogP) is 3.55. The molecular formula is C27H28F2N10. The van der Waals surface area contributed by atoms with Gasteiger partial charge in [0.05, 0.1) is 23.3 Å². The molecule has 0 radical (unpaired) electrons. The van der Waals surface area contributed by atoms with Crippen LogP contribution >= 0.6 is 0 Å². The van der Waals surface area contributed by atoms with Crippen LogP contribution in [0.1, 0.15) is 12.0 Å². The number of alkyl halides is 2. The van der Waals surface area contributed by atoms with Gasteiger partial charge >= 0.3 is 0 Å². The third kappa shape index (κ3) is 4.59. The zero-order valence-corrected chi connectivity index (χ0v) is 21.5. The Morgan fingerprint density at radius 3 is 2.67 bits per heavy atom. The highest BCUT2D eigenvalue weighted by molar-refractivity contribution is 5.94. The summed E-state index contributed by atoms with van der Waals surface area (Å²) < 4.78 is 27.3. The van der Waals surface area contributed by atoms with E-state index in [0.717, 1.165) is 65.4 Å². The van der Waals surface area contributed by atoms with Gasteiger partial charge in [0.1, 0.15) is 11.0 Å². The van der Waals surface area contributed by atoms with Gasteiger partial charge in [-0.3, -0.25) is 15.0 Å². The number of aromatic amines is 2. The smallest absolute Gasteiger partial charge is 0.261 e. The Morgan fingerprint density at radius 1 is 0.974 bits per heavy atom. The molecule has 5 aromatic heterocycles. The molecule has 2 aliphatic heterocycles. The lowest BCUT2D eigenvalue weighted by Gasteiger charge is -2.33. The molecule has 0 atom stereocenters. The number of likely N-dealkylation sites (tertiary alicyclic amines) is 1. The van der Waals surface area contributed by atoms with Gasteiger partial charge in [-0.15, -0.1) is 0 Å². The minimum absolute atomic E-state index is 0.101. The van der Waals surface area contributed by atoms with E-state index in [9.17, 15) is 8.78 Å². The number of rotatable bonds is 5. The number of nitrogens with zero attached hydrogens (tertiary/aromatic N) is 8. The fourth-order valence-electron chi connectivity index (χ4n) is 5.42. The summed E-state index contributed by atoms with van der Waals surface area (Å²) in [6.45, 7) is 4.34. The summed E-state index contributed by atoms with van der Waals surface area (Å²) in [7, 11) is 2.13. The van der Waals surface area contributed by atoms with E-state index in [1.807, 2.05) is 24.3 Å². The Hall–Kier alpha value is -4.03. The van der Waals surface area contributed by atoms with Crippen LogP contribution in [-0.2, 0) is 6.54 Å². The number of piperazine rings is 1. The molecule has 2 fully saturated rings. The maximum atomic E-state index is 13.6. The number of imidazole rings is 1. The minimum atomic E-state index is -2.62. The van der Waals surface area contributed by atoms with Crippen molar-refractivity contribution in [3.63, 3.8) is 0 Å². The fraction of sp³-hybridized carbons (Fsp3) is 0.370. The van der Waals surface area contributed by atoms with Gasteiger partial charge < -0.3 is 14.8 Å². The van der Waals surface area contributed by atoms with Crippen LogP contribution in [0.15, 0.2) is 42.9 Å². The van der Waals surface area contributed by atoms with Crippen molar-refractivity contribution in [2.24, 2.45) is 0 Å². The molecule has 0 aliphatic carbocycles. The number of halogens is 2. The van der Waals surface area contributed by atoms with E-state index in [0.29, 0.717) is 30.1 Å². The van der Waals surface area contributed by atoms with Crippen molar-refractivity contribution < 1.29 is 8.78 Å². The zero-order chi connectivity index (χ0) is 26.6. The van der Waals surface area contributed by atoms with Crippen molar-refractivity contribution in [1.29, 1.82) is 0 Å². The van der Waals surface area contributed by atoms with Gasteiger partial charge in [0.15, 0.2) is 17.3 Å². The van der Waals surface area contributed by atoms with Gasteiger partial charge in [0, 0.05) is 69.8 Å². The molecule has 0 spiro atoms. The molecule has 0 unspecified atom stereocenters. The van der Waals surface area contributed by atoms with Crippen LogP contribution in [0.25, 0.3) is 44.8 Å².